The predicted octanol–water partition coefficient (Wildman–Crippen LogP) is 2.48. The first-order chi connectivity index (χ1) is 7.80. The highest BCUT2D eigenvalue weighted by Crippen LogP contribution is 2.33. The van der Waals surface area contributed by atoms with E-state index in [4.69, 9.17) is 11.6 Å². The summed E-state index contributed by atoms with van der Waals surface area (Å²) in [5, 5.41) is 0. The van der Waals surface area contributed by atoms with E-state index in [0.29, 0.717) is 24.9 Å². The van der Waals surface area contributed by atoms with E-state index in [9.17, 15) is 8.42 Å². The number of nitrogens with zero attached hydrogens (tertiary/aromatic N) is 1. The number of sulfonamides is 1. The van der Waals surface area contributed by atoms with E-state index in [-0.39, 0.29) is 5.41 Å². The van der Waals surface area contributed by atoms with Gasteiger partial charge >= 0.3 is 0 Å². The SMILES string of the molecule is C=CC(C)(CCl)CC1CCCN(S(C)(=O)=O)C1. The molecule has 17 heavy (non-hydrogen) atoms. The van der Waals surface area contributed by atoms with Crippen molar-refractivity contribution in [2.24, 2.45) is 11.3 Å². The monoisotopic (exact) mass is 279 g/mol. The van der Waals surface area contributed by atoms with Crippen molar-refractivity contribution in [2.45, 2.75) is 26.2 Å². The van der Waals surface area contributed by atoms with Crippen molar-refractivity contribution in [3.05, 3.63) is 12.7 Å². The maximum atomic E-state index is 11.5. The summed E-state index contributed by atoms with van der Waals surface area (Å²) in [5.74, 6) is 0.923. The zero-order chi connectivity index (χ0) is 13.1. The number of allylic oxidation sites excluding steroid dienone is 1. The third-order valence-electron chi connectivity index (χ3n) is 3.50. The van der Waals surface area contributed by atoms with Crippen molar-refractivity contribution < 1.29 is 8.42 Å². The van der Waals surface area contributed by atoms with Gasteiger partial charge in [0.25, 0.3) is 0 Å². The predicted molar refractivity (Wildman–Crippen MR) is 72.8 cm³/mol. The molecule has 0 N–H and O–H groups in total. The quantitative estimate of drug-likeness (QED) is 0.573. The van der Waals surface area contributed by atoms with Crippen LogP contribution in [0.2, 0.25) is 0 Å². The van der Waals surface area contributed by atoms with Crippen LogP contribution < -0.4 is 0 Å². The summed E-state index contributed by atoms with van der Waals surface area (Å²) >= 11 is 5.95. The van der Waals surface area contributed by atoms with Gasteiger partial charge in [0.1, 0.15) is 0 Å². The summed E-state index contributed by atoms with van der Waals surface area (Å²) in [4.78, 5) is 0. The molecular formula is C12H22ClNO2S. The largest absolute Gasteiger partial charge is 0.213 e. The molecule has 0 amide bonds. The summed E-state index contributed by atoms with van der Waals surface area (Å²) < 4.78 is 24.6. The second kappa shape index (κ2) is 5.72. The molecule has 3 nitrogen and oxygen atoms in total. The van der Waals surface area contributed by atoms with Crippen molar-refractivity contribution in [3.63, 3.8) is 0 Å². The molecule has 1 aliphatic heterocycles. The third kappa shape index (κ3) is 4.27. The average molecular weight is 280 g/mol. The Kier molecular flexibility index (Phi) is 5.05. The van der Waals surface area contributed by atoms with Gasteiger partial charge in [-0.15, -0.1) is 18.2 Å². The second-order valence-corrected chi connectivity index (χ2v) is 7.57. The number of piperidine rings is 1. The van der Waals surface area contributed by atoms with E-state index in [1.165, 1.54) is 6.26 Å². The molecule has 1 fully saturated rings. The summed E-state index contributed by atoms with van der Waals surface area (Å²) in [7, 11) is -3.05. The summed E-state index contributed by atoms with van der Waals surface area (Å²) in [6.07, 6.45) is 6.09. The lowest BCUT2D eigenvalue weighted by molar-refractivity contribution is 0.217. The Bertz CT molecular complexity index is 369. The normalized spacial score (nSPS) is 26.4. The van der Waals surface area contributed by atoms with Crippen molar-refractivity contribution >= 4 is 21.6 Å². The lowest BCUT2D eigenvalue weighted by Gasteiger charge is -2.35. The van der Waals surface area contributed by atoms with Gasteiger partial charge in [0.2, 0.25) is 10.0 Å². The smallest absolute Gasteiger partial charge is 0.211 e. The average Bonchev–Trinajstić information content (AvgIpc) is 2.28. The van der Waals surface area contributed by atoms with Gasteiger partial charge in [-0.25, -0.2) is 12.7 Å². The molecule has 0 radical (unpaired) electrons. The number of hydrogen-bond acceptors (Lipinski definition) is 2. The fourth-order valence-corrected chi connectivity index (χ4v) is 3.51. The number of rotatable bonds is 5. The van der Waals surface area contributed by atoms with Crippen LogP contribution >= 0.6 is 11.6 Å². The van der Waals surface area contributed by atoms with E-state index in [0.717, 1.165) is 19.3 Å². The Morgan fingerprint density at radius 1 is 1.59 bits per heavy atom. The van der Waals surface area contributed by atoms with E-state index >= 15 is 0 Å². The Morgan fingerprint density at radius 3 is 2.71 bits per heavy atom. The van der Waals surface area contributed by atoms with Gasteiger partial charge < -0.3 is 0 Å². The van der Waals surface area contributed by atoms with E-state index in [1.54, 1.807) is 4.31 Å². The summed E-state index contributed by atoms with van der Waals surface area (Å²) in [5.41, 5.74) is -0.0905. The van der Waals surface area contributed by atoms with Crippen LogP contribution in [0.15, 0.2) is 12.7 Å². The summed E-state index contributed by atoms with van der Waals surface area (Å²) in [6, 6.07) is 0. The van der Waals surface area contributed by atoms with Crippen LogP contribution in [0.25, 0.3) is 0 Å². The fourth-order valence-electron chi connectivity index (χ4n) is 2.35. The van der Waals surface area contributed by atoms with Crippen LogP contribution in [0.5, 0.6) is 0 Å². The van der Waals surface area contributed by atoms with Crippen molar-refractivity contribution in [3.8, 4) is 0 Å². The molecule has 1 rings (SSSR count). The number of alkyl halides is 1. The van der Waals surface area contributed by atoms with E-state index in [1.807, 2.05) is 6.08 Å². The molecule has 1 saturated heterocycles. The van der Waals surface area contributed by atoms with E-state index in [2.05, 4.69) is 13.5 Å². The zero-order valence-corrected chi connectivity index (χ0v) is 12.2. The molecule has 0 saturated carbocycles. The molecule has 0 aliphatic carbocycles. The number of halogens is 1. The molecule has 1 aliphatic rings. The molecule has 2 unspecified atom stereocenters. The van der Waals surface area contributed by atoms with Crippen LogP contribution in [0, 0.1) is 11.3 Å². The third-order valence-corrected chi connectivity index (χ3v) is 5.38. The van der Waals surface area contributed by atoms with Crippen molar-refractivity contribution in [2.75, 3.05) is 25.2 Å². The molecule has 0 aromatic rings. The molecule has 0 spiro atoms. The molecule has 5 heteroatoms. The van der Waals surface area contributed by atoms with Gasteiger partial charge in [-0.2, -0.15) is 0 Å². The standard InChI is InChI=1S/C12H22ClNO2S/c1-4-12(2,10-13)8-11-6-5-7-14(9-11)17(3,15)16/h4,11H,1,5-10H2,2-3H3. The second-order valence-electron chi connectivity index (χ2n) is 5.33. The van der Waals surface area contributed by atoms with Crippen LogP contribution in [-0.4, -0.2) is 37.9 Å². The fraction of sp³-hybridized carbons (Fsp3) is 0.833. The lowest BCUT2D eigenvalue weighted by Crippen LogP contribution is -2.40. The van der Waals surface area contributed by atoms with Gasteiger partial charge in [0.15, 0.2) is 0 Å². The minimum atomic E-state index is -3.05. The Balaban J connectivity index is 2.65. The van der Waals surface area contributed by atoms with E-state index < -0.39 is 10.0 Å². The molecule has 2 atom stereocenters. The summed E-state index contributed by atoms with van der Waals surface area (Å²) in [6.45, 7) is 7.17. The molecular weight excluding hydrogens is 258 g/mol. The van der Waals surface area contributed by atoms with Gasteiger partial charge in [-0.3, -0.25) is 0 Å². The minimum Gasteiger partial charge on any atom is -0.213 e. The highest BCUT2D eigenvalue weighted by Gasteiger charge is 2.30. The maximum absolute atomic E-state index is 11.5. The highest BCUT2D eigenvalue weighted by molar-refractivity contribution is 7.88. The molecule has 0 aromatic carbocycles. The van der Waals surface area contributed by atoms with Gasteiger partial charge in [-0.1, -0.05) is 13.0 Å². The highest BCUT2D eigenvalue weighted by atomic mass is 35.5. The molecule has 100 valence electrons. The minimum absolute atomic E-state index is 0.0905. The first-order valence-corrected chi connectivity index (χ1v) is 8.34. The Morgan fingerprint density at radius 2 is 2.24 bits per heavy atom. The maximum Gasteiger partial charge on any atom is 0.211 e. The van der Waals surface area contributed by atoms with Gasteiger partial charge in [0.05, 0.1) is 6.26 Å². The Hall–Kier alpha value is -0.0600. The Labute approximate surface area is 110 Å². The first-order valence-electron chi connectivity index (χ1n) is 5.95. The van der Waals surface area contributed by atoms with Crippen LogP contribution in [0.1, 0.15) is 26.2 Å². The topological polar surface area (TPSA) is 37.4 Å². The van der Waals surface area contributed by atoms with Crippen molar-refractivity contribution in [1.29, 1.82) is 0 Å². The number of hydrogen-bond donors (Lipinski definition) is 0. The lowest BCUT2D eigenvalue weighted by atomic mass is 9.80. The van der Waals surface area contributed by atoms with Crippen LogP contribution in [0.3, 0.4) is 0 Å². The van der Waals surface area contributed by atoms with Crippen LogP contribution in [0.4, 0.5) is 0 Å². The molecule has 0 bridgehead atoms. The van der Waals surface area contributed by atoms with Gasteiger partial charge in [0, 0.05) is 19.0 Å². The zero-order valence-electron chi connectivity index (χ0n) is 10.7. The first kappa shape index (κ1) is 15.0. The van der Waals surface area contributed by atoms with Crippen LogP contribution in [-0.2, 0) is 10.0 Å². The van der Waals surface area contributed by atoms with Gasteiger partial charge in [-0.05, 0) is 30.6 Å². The van der Waals surface area contributed by atoms with Crippen molar-refractivity contribution in [1.82, 2.24) is 4.31 Å². The molecule has 0 aromatic heterocycles. The molecule has 1 heterocycles.